The molecule has 0 saturated carbocycles. The largest absolute Gasteiger partial charge is 0.463 e. The predicted octanol–water partition coefficient (Wildman–Crippen LogP) is 6.27. The van der Waals surface area contributed by atoms with Gasteiger partial charge in [-0.15, -0.1) is 0 Å². The van der Waals surface area contributed by atoms with Gasteiger partial charge in [-0.1, -0.05) is 34.1 Å². The fourth-order valence-corrected chi connectivity index (χ4v) is 3.84. The second kappa shape index (κ2) is 7.05. The third kappa shape index (κ3) is 3.30. The Bertz CT molecular complexity index is 1110. The highest BCUT2D eigenvalue weighted by Crippen LogP contribution is 2.29. The number of amides is 1. The number of fused-ring (bicyclic) bond motifs is 1. The summed E-state index contributed by atoms with van der Waals surface area (Å²) in [6.07, 6.45) is 1.59. The molecule has 0 aliphatic heterocycles. The second-order valence-corrected chi connectivity index (χ2v) is 7.40. The van der Waals surface area contributed by atoms with E-state index in [1.807, 2.05) is 48.5 Å². The highest BCUT2D eigenvalue weighted by atomic mass is 79.9. The lowest BCUT2D eigenvalue weighted by Crippen LogP contribution is -2.13. The van der Waals surface area contributed by atoms with E-state index < -0.39 is 0 Å². The van der Waals surface area contributed by atoms with Crippen molar-refractivity contribution in [3.8, 4) is 11.5 Å². The maximum Gasteiger partial charge on any atom is 0.256 e. The van der Waals surface area contributed by atoms with Crippen LogP contribution in [0.15, 0.2) is 80.3 Å². The van der Waals surface area contributed by atoms with E-state index in [1.54, 1.807) is 18.4 Å². The lowest BCUT2D eigenvalue weighted by atomic mass is 10.1. The highest BCUT2D eigenvalue weighted by molar-refractivity contribution is 9.11. The van der Waals surface area contributed by atoms with E-state index in [0.717, 1.165) is 19.8 Å². The van der Waals surface area contributed by atoms with Crippen molar-refractivity contribution in [3.63, 3.8) is 0 Å². The fraction of sp³-hybridized carbons (Fsp3) is 0. The first-order chi connectivity index (χ1) is 12.6. The van der Waals surface area contributed by atoms with Crippen LogP contribution in [0.4, 0.5) is 5.69 Å². The molecule has 2 heterocycles. The van der Waals surface area contributed by atoms with E-state index in [9.17, 15) is 4.79 Å². The average Bonchev–Trinajstić information content (AvgIpc) is 3.18. The Morgan fingerprint density at radius 1 is 1.00 bits per heavy atom. The van der Waals surface area contributed by atoms with Gasteiger partial charge in [-0.3, -0.25) is 4.79 Å². The van der Waals surface area contributed by atoms with E-state index in [1.165, 1.54) is 0 Å². The molecule has 26 heavy (non-hydrogen) atoms. The SMILES string of the molecule is O=C(Nc1ccc(Br)cc1Br)c1cc(-c2ccco2)nc2ccccc12. The summed E-state index contributed by atoms with van der Waals surface area (Å²) in [5.74, 6) is 0.411. The predicted molar refractivity (Wildman–Crippen MR) is 109 cm³/mol. The number of carbonyl (C=O) groups excluding carboxylic acids is 1. The van der Waals surface area contributed by atoms with Crippen LogP contribution in [-0.2, 0) is 0 Å². The Labute approximate surface area is 166 Å². The number of nitrogens with zero attached hydrogens (tertiary/aromatic N) is 1. The molecule has 2 aromatic heterocycles. The van der Waals surface area contributed by atoms with Gasteiger partial charge in [0, 0.05) is 14.3 Å². The summed E-state index contributed by atoms with van der Waals surface area (Å²) in [6, 6.07) is 18.5. The number of carbonyl (C=O) groups is 1. The number of anilines is 1. The van der Waals surface area contributed by atoms with E-state index in [2.05, 4.69) is 42.2 Å². The third-order valence-electron chi connectivity index (χ3n) is 3.91. The minimum atomic E-state index is -0.209. The maximum absolute atomic E-state index is 13.0. The van der Waals surface area contributed by atoms with Crippen LogP contribution in [0, 0.1) is 0 Å². The minimum absolute atomic E-state index is 0.209. The Kier molecular flexibility index (Phi) is 4.61. The van der Waals surface area contributed by atoms with Crippen LogP contribution < -0.4 is 5.32 Å². The molecule has 0 spiro atoms. The lowest BCUT2D eigenvalue weighted by molar-refractivity contribution is 0.102. The standard InChI is InChI=1S/C20H12Br2N2O2/c21-12-7-8-17(15(22)10-12)24-20(25)14-11-18(19-6-3-9-26-19)23-16-5-2-1-4-13(14)16/h1-11H,(H,24,25). The first kappa shape index (κ1) is 17.0. The summed E-state index contributed by atoms with van der Waals surface area (Å²) in [5, 5.41) is 3.74. The number of furan rings is 1. The molecule has 0 radical (unpaired) electrons. The zero-order chi connectivity index (χ0) is 18.1. The number of aromatic nitrogens is 1. The maximum atomic E-state index is 13.0. The molecule has 0 unspecified atom stereocenters. The van der Waals surface area contributed by atoms with E-state index in [-0.39, 0.29) is 5.91 Å². The topological polar surface area (TPSA) is 55.1 Å². The Morgan fingerprint density at radius 2 is 1.85 bits per heavy atom. The zero-order valence-corrected chi connectivity index (χ0v) is 16.5. The van der Waals surface area contributed by atoms with Crippen LogP contribution >= 0.6 is 31.9 Å². The van der Waals surface area contributed by atoms with Gasteiger partial charge < -0.3 is 9.73 Å². The molecule has 4 rings (SSSR count). The van der Waals surface area contributed by atoms with Gasteiger partial charge in [-0.2, -0.15) is 0 Å². The minimum Gasteiger partial charge on any atom is -0.463 e. The number of halogens is 2. The molecule has 0 aliphatic rings. The molecule has 0 fully saturated rings. The highest BCUT2D eigenvalue weighted by Gasteiger charge is 2.16. The first-order valence-electron chi connectivity index (χ1n) is 7.82. The van der Waals surface area contributed by atoms with Crippen LogP contribution in [0.25, 0.3) is 22.4 Å². The van der Waals surface area contributed by atoms with E-state index >= 15 is 0 Å². The molecule has 0 saturated heterocycles. The van der Waals surface area contributed by atoms with Gasteiger partial charge in [0.1, 0.15) is 5.69 Å². The van der Waals surface area contributed by atoms with Crippen LogP contribution in [0.5, 0.6) is 0 Å². The van der Waals surface area contributed by atoms with Crippen molar-refractivity contribution >= 4 is 54.4 Å². The van der Waals surface area contributed by atoms with Crippen LogP contribution in [0.3, 0.4) is 0 Å². The smallest absolute Gasteiger partial charge is 0.256 e. The van der Waals surface area contributed by atoms with Crippen molar-refractivity contribution in [2.24, 2.45) is 0 Å². The van der Waals surface area contributed by atoms with Crippen molar-refractivity contribution < 1.29 is 9.21 Å². The zero-order valence-electron chi connectivity index (χ0n) is 13.4. The Balaban J connectivity index is 1.80. The number of hydrogen-bond acceptors (Lipinski definition) is 3. The van der Waals surface area contributed by atoms with Crippen LogP contribution in [0.2, 0.25) is 0 Å². The average molecular weight is 472 g/mol. The fourth-order valence-electron chi connectivity index (χ4n) is 2.69. The summed E-state index contributed by atoms with van der Waals surface area (Å²) in [5.41, 5.74) is 2.59. The molecule has 1 amide bonds. The van der Waals surface area contributed by atoms with Gasteiger partial charge in [0.05, 0.1) is 23.0 Å². The molecule has 4 aromatic rings. The Hall–Kier alpha value is -2.44. The normalized spacial score (nSPS) is 10.8. The summed E-state index contributed by atoms with van der Waals surface area (Å²) < 4.78 is 7.17. The second-order valence-electron chi connectivity index (χ2n) is 5.63. The van der Waals surface area contributed by atoms with Crippen molar-refractivity contribution in [2.75, 3.05) is 5.32 Å². The van der Waals surface area contributed by atoms with Crippen LogP contribution in [0.1, 0.15) is 10.4 Å². The van der Waals surface area contributed by atoms with E-state index in [0.29, 0.717) is 22.7 Å². The number of nitrogens with one attached hydrogen (secondary N) is 1. The van der Waals surface area contributed by atoms with Crippen molar-refractivity contribution in [1.82, 2.24) is 4.98 Å². The molecule has 0 atom stereocenters. The van der Waals surface area contributed by atoms with Crippen molar-refractivity contribution in [1.29, 1.82) is 0 Å². The molecular weight excluding hydrogens is 460 g/mol. The molecule has 2 aromatic carbocycles. The van der Waals surface area contributed by atoms with Gasteiger partial charge in [-0.05, 0) is 58.4 Å². The monoisotopic (exact) mass is 470 g/mol. The summed E-state index contributed by atoms with van der Waals surface area (Å²) in [4.78, 5) is 17.6. The summed E-state index contributed by atoms with van der Waals surface area (Å²) in [7, 11) is 0. The molecule has 1 N–H and O–H groups in total. The van der Waals surface area contributed by atoms with Gasteiger partial charge >= 0.3 is 0 Å². The van der Waals surface area contributed by atoms with Crippen LogP contribution in [-0.4, -0.2) is 10.9 Å². The van der Waals surface area contributed by atoms with Crippen molar-refractivity contribution in [3.05, 3.63) is 81.4 Å². The summed E-state index contributed by atoms with van der Waals surface area (Å²) >= 11 is 6.88. The number of rotatable bonds is 3. The number of hydrogen-bond donors (Lipinski definition) is 1. The quantitative estimate of drug-likeness (QED) is 0.383. The number of para-hydroxylation sites is 1. The molecule has 0 bridgehead atoms. The molecule has 128 valence electrons. The van der Waals surface area contributed by atoms with Gasteiger partial charge in [0.2, 0.25) is 0 Å². The summed E-state index contributed by atoms with van der Waals surface area (Å²) in [6.45, 7) is 0. The van der Waals surface area contributed by atoms with Gasteiger partial charge in [-0.25, -0.2) is 4.98 Å². The van der Waals surface area contributed by atoms with E-state index in [4.69, 9.17) is 4.42 Å². The van der Waals surface area contributed by atoms with Gasteiger partial charge in [0.15, 0.2) is 5.76 Å². The molecule has 6 heteroatoms. The number of benzene rings is 2. The number of pyridine rings is 1. The molecular formula is C20H12Br2N2O2. The lowest BCUT2D eigenvalue weighted by Gasteiger charge is -2.11. The molecule has 4 nitrogen and oxygen atoms in total. The first-order valence-corrected chi connectivity index (χ1v) is 9.40. The third-order valence-corrected chi connectivity index (χ3v) is 5.06. The van der Waals surface area contributed by atoms with Crippen molar-refractivity contribution in [2.45, 2.75) is 0 Å². The molecule has 0 aliphatic carbocycles. The Morgan fingerprint density at radius 3 is 2.62 bits per heavy atom. The van der Waals surface area contributed by atoms with Gasteiger partial charge in [0.25, 0.3) is 5.91 Å².